The van der Waals surface area contributed by atoms with E-state index in [0.717, 1.165) is 31.6 Å². The molecule has 0 saturated heterocycles. The molecule has 0 unspecified atom stereocenters. The van der Waals surface area contributed by atoms with Gasteiger partial charge in [0.25, 0.3) is 0 Å². The summed E-state index contributed by atoms with van der Waals surface area (Å²) in [4.78, 5) is 0. The minimum Gasteiger partial charge on any atom is -0.493 e. The summed E-state index contributed by atoms with van der Waals surface area (Å²) in [5, 5.41) is 0. The molecule has 1 heteroatoms. The standard InChI is InChI=1S/C16H22O/c1-5-7-8-9-15-11-14(4)16(12-13(15)3)17-10-6-2/h11-12H,6,8-10H2,1-4H3. The summed E-state index contributed by atoms with van der Waals surface area (Å²) in [7, 11) is 0. The van der Waals surface area contributed by atoms with Gasteiger partial charge in [0.05, 0.1) is 6.61 Å². The van der Waals surface area contributed by atoms with E-state index in [9.17, 15) is 0 Å². The highest BCUT2D eigenvalue weighted by Gasteiger charge is 2.05. The smallest absolute Gasteiger partial charge is 0.122 e. The van der Waals surface area contributed by atoms with E-state index in [-0.39, 0.29) is 0 Å². The van der Waals surface area contributed by atoms with Crippen LogP contribution in [0.1, 0.15) is 43.4 Å². The highest BCUT2D eigenvalue weighted by Crippen LogP contribution is 2.23. The topological polar surface area (TPSA) is 9.23 Å². The summed E-state index contributed by atoms with van der Waals surface area (Å²) in [6.07, 6.45) is 3.01. The van der Waals surface area contributed by atoms with Crippen LogP contribution in [0.25, 0.3) is 0 Å². The maximum atomic E-state index is 5.72. The lowest BCUT2D eigenvalue weighted by atomic mass is 10.0. The first-order valence-electron chi connectivity index (χ1n) is 6.31. The Bertz CT molecular complexity index is 421. The van der Waals surface area contributed by atoms with Crippen molar-refractivity contribution in [2.24, 2.45) is 0 Å². The van der Waals surface area contributed by atoms with Crippen molar-refractivity contribution in [3.63, 3.8) is 0 Å². The normalized spacial score (nSPS) is 9.65. The summed E-state index contributed by atoms with van der Waals surface area (Å²) in [5.74, 6) is 7.07. The molecule has 0 amide bonds. The van der Waals surface area contributed by atoms with Gasteiger partial charge in [0.2, 0.25) is 0 Å². The maximum absolute atomic E-state index is 5.72. The number of rotatable bonds is 5. The number of aryl methyl sites for hydroxylation is 3. The molecule has 0 aliphatic rings. The molecule has 1 aromatic carbocycles. The van der Waals surface area contributed by atoms with Crippen molar-refractivity contribution in [3.05, 3.63) is 28.8 Å². The summed E-state index contributed by atoms with van der Waals surface area (Å²) in [5.41, 5.74) is 3.91. The Labute approximate surface area is 105 Å². The van der Waals surface area contributed by atoms with E-state index in [4.69, 9.17) is 4.74 Å². The van der Waals surface area contributed by atoms with Crippen LogP contribution in [0.15, 0.2) is 12.1 Å². The van der Waals surface area contributed by atoms with Crippen LogP contribution in [0, 0.1) is 25.7 Å². The zero-order chi connectivity index (χ0) is 12.7. The van der Waals surface area contributed by atoms with Gasteiger partial charge in [-0.25, -0.2) is 0 Å². The van der Waals surface area contributed by atoms with Crippen LogP contribution in [-0.2, 0) is 6.42 Å². The Morgan fingerprint density at radius 1 is 1.18 bits per heavy atom. The van der Waals surface area contributed by atoms with Gasteiger partial charge in [-0.15, -0.1) is 11.8 Å². The van der Waals surface area contributed by atoms with Crippen molar-refractivity contribution in [1.82, 2.24) is 0 Å². The summed E-state index contributed by atoms with van der Waals surface area (Å²) >= 11 is 0. The molecule has 1 nitrogen and oxygen atoms in total. The SMILES string of the molecule is CC#CCCc1cc(C)c(OCCC)cc1C. The van der Waals surface area contributed by atoms with Crippen molar-refractivity contribution in [1.29, 1.82) is 0 Å². The minimum absolute atomic E-state index is 0.793. The third-order valence-electron chi connectivity index (χ3n) is 2.79. The summed E-state index contributed by atoms with van der Waals surface area (Å²) in [6.45, 7) is 9.06. The first-order chi connectivity index (χ1) is 8.19. The van der Waals surface area contributed by atoms with Gasteiger partial charge in [-0.3, -0.25) is 0 Å². The predicted octanol–water partition coefficient (Wildman–Crippen LogP) is 4.05. The van der Waals surface area contributed by atoms with Gasteiger partial charge in [-0.05, 0) is 56.4 Å². The second-order valence-corrected chi connectivity index (χ2v) is 4.32. The molecule has 0 atom stereocenters. The second kappa shape index (κ2) is 7.01. The van der Waals surface area contributed by atoms with Gasteiger partial charge in [0.1, 0.15) is 5.75 Å². The monoisotopic (exact) mass is 230 g/mol. The van der Waals surface area contributed by atoms with Crippen LogP contribution in [-0.4, -0.2) is 6.61 Å². The molecular weight excluding hydrogens is 208 g/mol. The molecule has 0 saturated carbocycles. The van der Waals surface area contributed by atoms with Gasteiger partial charge in [0, 0.05) is 6.42 Å². The van der Waals surface area contributed by atoms with E-state index >= 15 is 0 Å². The van der Waals surface area contributed by atoms with Crippen molar-refractivity contribution >= 4 is 0 Å². The Morgan fingerprint density at radius 2 is 1.94 bits per heavy atom. The number of benzene rings is 1. The quantitative estimate of drug-likeness (QED) is 0.693. The molecule has 92 valence electrons. The summed E-state index contributed by atoms with van der Waals surface area (Å²) < 4.78 is 5.72. The fourth-order valence-electron chi connectivity index (χ4n) is 1.81. The lowest BCUT2D eigenvalue weighted by Gasteiger charge is -2.12. The molecule has 0 aromatic heterocycles. The minimum atomic E-state index is 0.793. The Kier molecular flexibility index (Phi) is 5.63. The first kappa shape index (κ1) is 13.6. The average molecular weight is 230 g/mol. The second-order valence-electron chi connectivity index (χ2n) is 4.32. The van der Waals surface area contributed by atoms with Crippen LogP contribution in [0.2, 0.25) is 0 Å². The zero-order valence-corrected chi connectivity index (χ0v) is 11.4. The van der Waals surface area contributed by atoms with Crippen molar-refractivity contribution in [2.45, 2.75) is 47.0 Å². The molecule has 0 radical (unpaired) electrons. The van der Waals surface area contributed by atoms with Gasteiger partial charge >= 0.3 is 0 Å². The Balaban J connectivity index is 2.80. The van der Waals surface area contributed by atoms with Crippen LogP contribution in [0.4, 0.5) is 0 Å². The summed E-state index contributed by atoms with van der Waals surface area (Å²) in [6, 6.07) is 4.39. The predicted molar refractivity (Wildman–Crippen MR) is 73.5 cm³/mol. The molecule has 0 fully saturated rings. The third-order valence-corrected chi connectivity index (χ3v) is 2.79. The molecule has 0 aliphatic heterocycles. The maximum Gasteiger partial charge on any atom is 0.122 e. The molecule has 1 rings (SSSR count). The Hall–Kier alpha value is -1.42. The van der Waals surface area contributed by atoms with E-state index in [2.05, 4.69) is 44.7 Å². The number of ether oxygens (including phenoxy) is 1. The van der Waals surface area contributed by atoms with Crippen LogP contribution >= 0.6 is 0 Å². The van der Waals surface area contributed by atoms with Crippen molar-refractivity contribution < 1.29 is 4.74 Å². The van der Waals surface area contributed by atoms with Crippen LogP contribution in [0.3, 0.4) is 0 Å². The third kappa shape index (κ3) is 4.15. The molecule has 17 heavy (non-hydrogen) atoms. The molecule has 0 spiro atoms. The van der Waals surface area contributed by atoms with Crippen LogP contribution in [0.5, 0.6) is 5.75 Å². The first-order valence-corrected chi connectivity index (χ1v) is 6.31. The van der Waals surface area contributed by atoms with Crippen molar-refractivity contribution in [2.75, 3.05) is 6.61 Å². The molecule has 0 N–H and O–H groups in total. The van der Waals surface area contributed by atoms with Crippen LogP contribution < -0.4 is 4.74 Å². The van der Waals surface area contributed by atoms with E-state index in [1.807, 2.05) is 6.92 Å². The molecule has 0 heterocycles. The van der Waals surface area contributed by atoms with E-state index < -0.39 is 0 Å². The number of hydrogen-bond acceptors (Lipinski definition) is 1. The fraction of sp³-hybridized carbons (Fsp3) is 0.500. The lowest BCUT2D eigenvalue weighted by Crippen LogP contribution is -1.99. The van der Waals surface area contributed by atoms with E-state index in [0.29, 0.717) is 0 Å². The van der Waals surface area contributed by atoms with Crippen molar-refractivity contribution in [3.8, 4) is 17.6 Å². The molecule has 0 bridgehead atoms. The highest BCUT2D eigenvalue weighted by atomic mass is 16.5. The number of hydrogen-bond donors (Lipinski definition) is 0. The lowest BCUT2D eigenvalue weighted by molar-refractivity contribution is 0.315. The van der Waals surface area contributed by atoms with Gasteiger partial charge < -0.3 is 4.74 Å². The van der Waals surface area contributed by atoms with Gasteiger partial charge in [-0.2, -0.15) is 0 Å². The zero-order valence-electron chi connectivity index (χ0n) is 11.4. The van der Waals surface area contributed by atoms with Gasteiger partial charge in [0.15, 0.2) is 0 Å². The molecular formula is C16H22O. The van der Waals surface area contributed by atoms with E-state index in [1.54, 1.807) is 0 Å². The molecule has 0 aliphatic carbocycles. The van der Waals surface area contributed by atoms with E-state index in [1.165, 1.54) is 16.7 Å². The Morgan fingerprint density at radius 3 is 2.59 bits per heavy atom. The molecule has 1 aromatic rings. The average Bonchev–Trinajstić information content (AvgIpc) is 2.31. The highest BCUT2D eigenvalue weighted by molar-refractivity contribution is 5.41. The van der Waals surface area contributed by atoms with Gasteiger partial charge in [-0.1, -0.05) is 13.0 Å². The fourth-order valence-corrected chi connectivity index (χ4v) is 1.81. The largest absolute Gasteiger partial charge is 0.493 e.